The summed E-state index contributed by atoms with van der Waals surface area (Å²) in [5.41, 5.74) is -0.165. The Morgan fingerprint density at radius 1 is 1.50 bits per heavy atom. The number of benzene rings is 1. The van der Waals surface area contributed by atoms with E-state index in [1.165, 1.54) is 6.07 Å². The summed E-state index contributed by atoms with van der Waals surface area (Å²) in [7, 11) is -3.60. The number of nitro benzene ring substituents is 1. The first-order valence-electron chi connectivity index (χ1n) is 4.32. The third kappa shape index (κ3) is 2.77. The van der Waals surface area contributed by atoms with Gasteiger partial charge in [0.05, 0.1) is 9.82 Å². The molecule has 0 unspecified atom stereocenters. The minimum Gasteiger partial charge on any atom is -0.258 e. The van der Waals surface area contributed by atoms with Gasteiger partial charge in [-0.15, -0.1) is 0 Å². The molecule has 0 radical (unpaired) electrons. The molecule has 0 aliphatic heterocycles. The van der Waals surface area contributed by atoms with Crippen molar-refractivity contribution in [2.45, 2.75) is 11.8 Å². The number of halogens is 1. The second-order valence-electron chi connectivity index (χ2n) is 2.87. The lowest BCUT2D eigenvalue weighted by molar-refractivity contribution is -0.385. The van der Waals surface area contributed by atoms with Crippen LogP contribution >= 0.6 is 15.9 Å². The highest BCUT2D eigenvalue weighted by Gasteiger charge is 2.18. The van der Waals surface area contributed by atoms with E-state index in [9.17, 15) is 18.5 Å². The molecule has 0 fully saturated rings. The van der Waals surface area contributed by atoms with E-state index in [1.807, 2.05) is 0 Å². The summed E-state index contributed by atoms with van der Waals surface area (Å²) in [6, 6.07) is 3.50. The monoisotopic (exact) mass is 308 g/mol. The molecule has 0 aromatic heterocycles. The van der Waals surface area contributed by atoms with Gasteiger partial charge < -0.3 is 0 Å². The predicted octanol–water partition coefficient (Wildman–Crippen LogP) is 1.66. The number of non-ortho nitro benzene ring substituents is 1. The molecule has 1 N–H and O–H groups in total. The number of hydrogen-bond acceptors (Lipinski definition) is 4. The summed E-state index contributed by atoms with van der Waals surface area (Å²) in [6.45, 7) is 1.91. The largest absolute Gasteiger partial charge is 0.270 e. The van der Waals surface area contributed by atoms with Crippen LogP contribution in [-0.2, 0) is 10.0 Å². The number of rotatable bonds is 4. The maximum absolute atomic E-state index is 11.6. The van der Waals surface area contributed by atoms with Crippen LogP contribution in [0.4, 0.5) is 5.69 Å². The molecule has 8 heteroatoms. The van der Waals surface area contributed by atoms with Crippen molar-refractivity contribution >= 4 is 31.6 Å². The van der Waals surface area contributed by atoms with Gasteiger partial charge in [0.2, 0.25) is 10.0 Å². The van der Waals surface area contributed by atoms with Crippen molar-refractivity contribution in [1.29, 1.82) is 0 Å². The third-order valence-electron chi connectivity index (χ3n) is 1.75. The third-order valence-corrected chi connectivity index (χ3v) is 4.27. The maximum Gasteiger partial charge on any atom is 0.270 e. The fourth-order valence-electron chi connectivity index (χ4n) is 1.09. The number of nitro groups is 1. The molecule has 88 valence electrons. The van der Waals surface area contributed by atoms with Gasteiger partial charge in [-0.05, 0) is 22.0 Å². The standard InChI is InChI=1S/C8H9BrN2O4S/c1-2-10-16(14,15)8-4-3-6(11(12)13)5-7(8)9/h3-5,10H,2H2,1H3. The Bertz CT molecular complexity index is 515. The first-order chi connectivity index (χ1) is 7.38. The van der Waals surface area contributed by atoms with Crippen LogP contribution < -0.4 is 4.72 Å². The van der Waals surface area contributed by atoms with Crippen LogP contribution in [0.5, 0.6) is 0 Å². The molecule has 0 aliphatic carbocycles. The maximum atomic E-state index is 11.6. The van der Waals surface area contributed by atoms with Gasteiger partial charge in [0, 0.05) is 23.2 Å². The van der Waals surface area contributed by atoms with Crippen molar-refractivity contribution in [3.63, 3.8) is 0 Å². The molecule has 0 amide bonds. The summed E-state index contributed by atoms with van der Waals surface area (Å²) in [5, 5.41) is 10.5. The molecule has 6 nitrogen and oxygen atoms in total. The summed E-state index contributed by atoms with van der Waals surface area (Å²) in [6.07, 6.45) is 0. The van der Waals surface area contributed by atoms with Gasteiger partial charge in [-0.3, -0.25) is 10.1 Å². The minimum absolute atomic E-state index is 0.0139. The van der Waals surface area contributed by atoms with Crippen molar-refractivity contribution in [2.24, 2.45) is 0 Å². The highest BCUT2D eigenvalue weighted by molar-refractivity contribution is 9.10. The lowest BCUT2D eigenvalue weighted by atomic mass is 10.3. The van der Waals surface area contributed by atoms with Crippen LogP contribution in [0.2, 0.25) is 0 Å². The Morgan fingerprint density at radius 3 is 2.56 bits per heavy atom. The summed E-state index contributed by atoms with van der Waals surface area (Å²) < 4.78 is 25.7. The zero-order valence-electron chi connectivity index (χ0n) is 8.31. The van der Waals surface area contributed by atoms with E-state index in [4.69, 9.17) is 0 Å². The Balaban J connectivity index is 3.23. The fraction of sp³-hybridized carbons (Fsp3) is 0.250. The van der Waals surface area contributed by atoms with Gasteiger partial charge in [0.1, 0.15) is 0 Å². The van der Waals surface area contributed by atoms with E-state index in [0.29, 0.717) is 0 Å². The fourth-order valence-corrected chi connectivity index (χ4v) is 3.19. The molecule has 1 rings (SSSR count). The van der Waals surface area contributed by atoms with E-state index < -0.39 is 14.9 Å². The minimum atomic E-state index is -3.60. The van der Waals surface area contributed by atoms with Crippen molar-refractivity contribution in [3.05, 3.63) is 32.8 Å². The summed E-state index contributed by atoms with van der Waals surface area (Å²) in [5.74, 6) is 0. The predicted molar refractivity (Wildman–Crippen MR) is 61.7 cm³/mol. The second kappa shape index (κ2) is 4.89. The second-order valence-corrected chi connectivity index (χ2v) is 5.46. The average Bonchev–Trinajstić information content (AvgIpc) is 2.16. The molecule has 16 heavy (non-hydrogen) atoms. The van der Waals surface area contributed by atoms with Crippen LogP contribution in [0, 0.1) is 10.1 Å². The molecule has 0 aliphatic rings. The van der Waals surface area contributed by atoms with Gasteiger partial charge in [-0.25, -0.2) is 13.1 Å². The zero-order chi connectivity index (χ0) is 12.3. The van der Waals surface area contributed by atoms with Crippen molar-refractivity contribution in [2.75, 3.05) is 6.54 Å². The normalized spacial score (nSPS) is 11.4. The number of nitrogens with zero attached hydrogens (tertiary/aromatic N) is 1. The molecule has 0 spiro atoms. The lowest BCUT2D eigenvalue weighted by Gasteiger charge is -2.06. The zero-order valence-corrected chi connectivity index (χ0v) is 10.7. The Morgan fingerprint density at radius 2 is 2.12 bits per heavy atom. The van der Waals surface area contributed by atoms with Gasteiger partial charge in [-0.1, -0.05) is 6.92 Å². The molecule has 1 aromatic rings. The molecule has 0 saturated heterocycles. The molecular weight excluding hydrogens is 300 g/mol. The smallest absolute Gasteiger partial charge is 0.258 e. The van der Waals surface area contributed by atoms with Gasteiger partial charge in [0.15, 0.2) is 0 Å². The van der Waals surface area contributed by atoms with Crippen LogP contribution in [0.25, 0.3) is 0 Å². The van der Waals surface area contributed by atoms with Crippen LogP contribution in [-0.4, -0.2) is 19.9 Å². The van der Waals surface area contributed by atoms with Gasteiger partial charge in [-0.2, -0.15) is 0 Å². The number of nitrogens with one attached hydrogen (secondary N) is 1. The molecule has 0 bridgehead atoms. The van der Waals surface area contributed by atoms with Gasteiger partial charge in [0.25, 0.3) is 5.69 Å². The average molecular weight is 309 g/mol. The highest BCUT2D eigenvalue weighted by atomic mass is 79.9. The Hall–Kier alpha value is -0.990. The molecule has 0 atom stereocenters. The Labute approximate surface area is 101 Å². The number of hydrogen-bond donors (Lipinski definition) is 1. The van der Waals surface area contributed by atoms with E-state index >= 15 is 0 Å². The van der Waals surface area contributed by atoms with E-state index in [-0.39, 0.29) is 21.6 Å². The van der Waals surface area contributed by atoms with Crippen molar-refractivity contribution < 1.29 is 13.3 Å². The summed E-state index contributed by atoms with van der Waals surface area (Å²) in [4.78, 5) is 9.86. The van der Waals surface area contributed by atoms with Crippen LogP contribution in [0.15, 0.2) is 27.6 Å². The van der Waals surface area contributed by atoms with E-state index in [0.717, 1.165) is 12.1 Å². The quantitative estimate of drug-likeness (QED) is 0.676. The van der Waals surface area contributed by atoms with Gasteiger partial charge >= 0.3 is 0 Å². The molecule has 1 aromatic carbocycles. The van der Waals surface area contributed by atoms with E-state index in [2.05, 4.69) is 20.7 Å². The van der Waals surface area contributed by atoms with Crippen molar-refractivity contribution in [3.8, 4) is 0 Å². The first-order valence-corrected chi connectivity index (χ1v) is 6.59. The van der Waals surface area contributed by atoms with E-state index in [1.54, 1.807) is 6.92 Å². The first kappa shape index (κ1) is 13.1. The van der Waals surface area contributed by atoms with Crippen molar-refractivity contribution in [1.82, 2.24) is 4.72 Å². The van der Waals surface area contributed by atoms with Crippen LogP contribution in [0.3, 0.4) is 0 Å². The highest BCUT2D eigenvalue weighted by Crippen LogP contribution is 2.26. The number of sulfonamides is 1. The molecular formula is C8H9BrN2O4S. The molecule has 0 saturated carbocycles. The topological polar surface area (TPSA) is 89.3 Å². The lowest BCUT2D eigenvalue weighted by Crippen LogP contribution is -2.23. The molecule has 0 heterocycles. The SMILES string of the molecule is CCNS(=O)(=O)c1ccc([N+](=O)[O-])cc1Br. The summed E-state index contributed by atoms with van der Waals surface area (Å²) >= 11 is 3.00. The van der Waals surface area contributed by atoms with Crippen LogP contribution in [0.1, 0.15) is 6.92 Å². The Kier molecular flexibility index (Phi) is 4.00.